The molecule has 0 aliphatic carbocycles. The van der Waals surface area contributed by atoms with Crippen LogP contribution in [0.3, 0.4) is 0 Å². The SMILES string of the molecule is C=Cc1ccccc1.CC(O)CO.O=C(O)C=CC(=O)O.O=C(O)CCCCC(=O)O.O=C1OC(=O)c2cccc1c2. The molecule has 0 radical (unpaired) electrons. The van der Waals surface area contributed by atoms with Crippen molar-refractivity contribution in [2.75, 3.05) is 6.61 Å². The third-order valence-electron chi connectivity index (χ3n) is 4.22. The second-order valence-electron chi connectivity index (χ2n) is 7.91. The first-order valence-electron chi connectivity index (χ1n) is 12.1. The van der Waals surface area contributed by atoms with Crippen LogP contribution in [0.1, 0.15) is 58.9 Å². The molecule has 1 aliphatic heterocycles. The van der Waals surface area contributed by atoms with Crippen LogP contribution in [0.15, 0.2) is 73.3 Å². The molecule has 3 rings (SSSR count). The Morgan fingerprint density at radius 3 is 1.48 bits per heavy atom. The van der Waals surface area contributed by atoms with Crippen molar-refractivity contribution in [2.24, 2.45) is 0 Å². The van der Waals surface area contributed by atoms with Crippen LogP contribution in [-0.2, 0) is 23.9 Å². The number of aliphatic hydroxyl groups is 2. The third-order valence-corrected chi connectivity index (χ3v) is 4.22. The van der Waals surface area contributed by atoms with Gasteiger partial charge in [0.2, 0.25) is 0 Å². The zero-order chi connectivity index (χ0) is 32.5. The lowest BCUT2D eigenvalue weighted by Crippen LogP contribution is -2.18. The van der Waals surface area contributed by atoms with Gasteiger partial charge in [-0.15, -0.1) is 0 Å². The molecule has 0 amide bonds. The second-order valence-corrected chi connectivity index (χ2v) is 7.91. The van der Waals surface area contributed by atoms with E-state index in [4.69, 9.17) is 30.6 Å². The van der Waals surface area contributed by atoms with Gasteiger partial charge in [-0.25, -0.2) is 19.2 Å². The predicted molar refractivity (Wildman–Crippen MR) is 150 cm³/mol. The molecule has 0 aromatic heterocycles. The largest absolute Gasteiger partial charge is 0.481 e. The number of rotatable bonds is 9. The molecular weight excluding hydrogens is 556 g/mol. The van der Waals surface area contributed by atoms with Crippen molar-refractivity contribution in [3.63, 3.8) is 0 Å². The first kappa shape index (κ1) is 39.0. The lowest BCUT2D eigenvalue weighted by molar-refractivity contribution is -0.139. The number of esters is 2. The molecule has 1 atom stereocenters. The molecule has 2 aromatic rings. The first-order chi connectivity index (χ1) is 19.7. The van der Waals surface area contributed by atoms with E-state index in [1.807, 2.05) is 36.4 Å². The number of unbranched alkanes of at least 4 members (excludes halogenated alkanes) is 1. The summed E-state index contributed by atoms with van der Waals surface area (Å²) in [5, 5.41) is 47.9. The number of benzene rings is 2. The fraction of sp³-hybridized carbons (Fsp3) is 0.241. The summed E-state index contributed by atoms with van der Waals surface area (Å²) < 4.78 is 4.39. The normalized spacial score (nSPS) is 11.2. The maximum Gasteiger partial charge on any atom is 0.346 e. The number of aliphatic carboxylic acids is 4. The predicted octanol–water partition coefficient (Wildman–Crippen LogP) is 3.11. The maximum absolute atomic E-state index is 10.8. The van der Waals surface area contributed by atoms with E-state index in [1.165, 1.54) is 18.6 Å². The van der Waals surface area contributed by atoms with Gasteiger partial charge in [0, 0.05) is 25.0 Å². The third kappa shape index (κ3) is 23.9. The molecule has 13 nitrogen and oxygen atoms in total. The van der Waals surface area contributed by atoms with Gasteiger partial charge in [-0.3, -0.25) is 9.59 Å². The van der Waals surface area contributed by atoms with Gasteiger partial charge in [0.1, 0.15) is 0 Å². The zero-order valence-corrected chi connectivity index (χ0v) is 22.8. The number of cyclic esters (lactones) is 2. The molecular formula is C29H34O13. The molecule has 0 saturated carbocycles. The van der Waals surface area contributed by atoms with Gasteiger partial charge in [-0.2, -0.15) is 0 Å². The van der Waals surface area contributed by atoms with Crippen LogP contribution in [0.25, 0.3) is 6.08 Å². The molecule has 0 fully saturated rings. The van der Waals surface area contributed by atoms with Crippen molar-refractivity contribution < 1.29 is 64.1 Å². The van der Waals surface area contributed by atoms with Crippen LogP contribution >= 0.6 is 0 Å². The van der Waals surface area contributed by atoms with Crippen LogP contribution in [0, 0.1) is 0 Å². The molecule has 42 heavy (non-hydrogen) atoms. The number of carbonyl (C=O) groups excluding carboxylic acids is 2. The summed E-state index contributed by atoms with van der Waals surface area (Å²) in [6, 6.07) is 16.4. The average Bonchev–Trinajstić information content (AvgIpc) is 2.95. The van der Waals surface area contributed by atoms with E-state index in [2.05, 4.69) is 11.3 Å². The smallest absolute Gasteiger partial charge is 0.346 e. The van der Waals surface area contributed by atoms with E-state index in [0.29, 0.717) is 36.1 Å². The summed E-state index contributed by atoms with van der Waals surface area (Å²) in [5.74, 6) is -5.39. The fourth-order valence-electron chi connectivity index (χ4n) is 2.26. The van der Waals surface area contributed by atoms with Crippen molar-refractivity contribution in [3.8, 4) is 0 Å². The second kappa shape index (κ2) is 23.7. The van der Waals surface area contributed by atoms with Crippen LogP contribution in [0.4, 0.5) is 0 Å². The Kier molecular flexibility index (Phi) is 22.0. The van der Waals surface area contributed by atoms with Gasteiger partial charge in [-0.05, 0) is 43.5 Å². The maximum atomic E-state index is 10.8. The first-order valence-corrected chi connectivity index (χ1v) is 12.1. The van der Waals surface area contributed by atoms with Crippen LogP contribution in [0.5, 0.6) is 0 Å². The van der Waals surface area contributed by atoms with E-state index < -0.39 is 41.9 Å². The standard InChI is InChI=1S/C8H4O3.C8H8.C6H10O4.C4H4O4.C3H8O2/c9-7-5-2-1-3-6(4-5)8(10)11-7;1-2-8-6-4-3-5-7-8;7-5(8)3-1-2-4-6(9)10;5-3(6)1-2-4(7)8;1-3(5)2-4/h1-4H;2-7H,1H2;1-4H2,(H,7,8)(H,9,10);1-2H,(H,5,6)(H,7,8);3-5H,2H2,1H3. The van der Waals surface area contributed by atoms with Crippen molar-refractivity contribution in [3.05, 3.63) is 90.0 Å². The minimum atomic E-state index is -1.26. The lowest BCUT2D eigenvalue weighted by Gasteiger charge is -2.09. The van der Waals surface area contributed by atoms with E-state index >= 15 is 0 Å². The molecule has 228 valence electrons. The van der Waals surface area contributed by atoms with Crippen molar-refractivity contribution >= 4 is 41.9 Å². The Bertz CT molecular complexity index is 1120. The van der Waals surface area contributed by atoms with E-state index in [1.54, 1.807) is 18.2 Å². The molecule has 2 aromatic carbocycles. The summed E-state index contributed by atoms with van der Waals surface area (Å²) >= 11 is 0. The summed E-state index contributed by atoms with van der Waals surface area (Å²) in [6.45, 7) is 5.02. The summed E-state index contributed by atoms with van der Waals surface area (Å²) in [6.07, 6.45) is 3.41. The van der Waals surface area contributed by atoms with E-state index in [-0.39, 0.29) is 19.4 Å². The van der Waals surface area contributed by atoms with Crippen molar-refractivity contribution in [1.82, 2.24) is 0 Å². The summed E-state index contributed by atoms with van der Waals surface area (Å²) in [5.41, 5.74) is 2.04. The molecule has 6 N–H and O–H groups in total. The molecule has 13 heteroatoms. The topological polar surface area (TPSA) is 233 Å². The number of carbonyl (C=O) groups is 6. The monoisotopic (exact) mass is 590 g/mol. The van der Waals surface area contributed by atoms with Crippen molar-refractivity contribution in [2.45, 2.75) is 38.7 Å². The summed E-state index contributed by atoms with van der Waals surface area (Å²) in [4.78, 5) is 60.6. The van der Waals surface area contributed by atoms with Crippen LogP contribution < -0.4 is 0 Å². The Morgan fingerprint density at radius 2 is 1.19 bits per heavy atom. The minimum absolute atomic E-state index is 0.0628. The molecule has 0 spiro atoms. The van der Waals surface area contributed by atoms with Crippen molar-refractivity contribution in [1.29, 1.82) is 0 Å². The summed E-state index contributed by atoms with van der Waals surface area (Å²) in [7, 11) is 0. The lowest BCUT2D eigenvalue weighted by atomic mass is 10.1. The van der Waals surface area contributed by atoms with E-state index in [0.717, 1.165) is 0 Å². The Balaban J connectivity index is 0. The van der Waals surface area contributed by atoms with Gasteiger partial charge in [-0.1, -0.05) is 49.1 Å². The van der Waals surface area contributed by atoms with Crippen LogP contribution in [0.2, 0.25) is 0 Å². The van der Waals surface area contributed by atoms with Gasteiger partial charge in [0.15, 0.2) is 0 Å². The van der Waals surface area contributed by atoms with Crippen LogP contribution in [-0.4, -0.2) is 79.2 Å². The highest BCUT2D eigenvalue weighted by molar-refractivity contribution is 6.07. The van der Waals surface area contributed by atoms with Gasteiger partial charge >= 0.3 is 35.8 Å². The quantitative estimate of drug-likeness (QED) is 0.107. The Labute approximate surface area is 241 Å². The number of ether oxygens (including phenoxy) is 1. The fourth-order valence-corrected chi connectivity index (χ4v) is 2.26. The molecule has 1 aliphatic rings. The highest BCUT2D eigenvalue weighted by Gasteiger charge is 2.21. The number of aliphatic hydroxyl groups excluding tert-OH is 2. The van der Waals surface area contributed by atoms with Gasteiger partial charge < -0.3 is 35.4 Å². The Hall–Kier alpha value is -5.14. The number of hydrogen-bond donors (Lipinski definition) is 6. The highest BCUT2D eigenvalue weighted by atomic mass is 16.6. The van der Waals surface area contributed by atoms with Gasteiger partial charge in [0.25, 0.3) is 0 Å². The van der Waals surface area contributed by atoms with Gasteiger partial charge in [0.05, 0.1) is 23.8 Å². The minimum Gasteiger partial charge on any atom is -0.481 e. The number of hydrogen-bond acceptors (Lipinski definition) is 9. The molecule has 1 heterocycles. The number of fused-ring (bicyclic) bond motifs is 2. The number of carboxylic acids is 4. The van der Waals surface area contributed by atoms with E-state index in [9.17, 15) is 28.8 Å². The molecule has 0 saturated heterocycles. The molecule has 1 unspecified atom stereocenters. The molecule has 2 bridgehead atoms. The zero-order valence-electron chi connectivity index (χ0n) is 22.8. The highest BCUT2D eigenvalue weighted by Crippen LogP contribution is 2.14. The number of carboxylic acid groups (broad SMARTS) is 4. The Morgan fingerprint density at radius 1 is 0.786 bits per heavy atom. The average molecular weight is 591 g/mol.